The van der Waals surface area contributed by atoms with Crippen molar-refractivity contribution in [2.75, 3.05) is 20.2 Å². The summed E-state index contributed by atoms with van der Waals surface area (Å²) in [5.74, 6) is -0.133. The molecular weight excluding hydrogens is 222 g/mol. The van der Waals surface area contributed by atoms with Gasteiger partial charge in [0.05, 0.1) is 13.2 Å². The Hall–Kier alpha value is -0.870. The normalized spacial score (nSPS) is 10.7. The van der Waals surface area contributed by atoms with Crippen molar-refractivity contribution in [3.8, 4) is 0 Å². The third-order valence-electron chi connectivity index (χ3n) is 2.19. The second-order valence-electron chi connectivity index (χ2n) is 3.88. The van der Waals surface area contributed by atoms with Gasteiger partial charge in [0.15, 0.2) is 0 Å². The van der Waals surface area contributed by atoms with Crippen molar-refractivity contribution in [2.24, 2.45) is 0 Å². The minimum Gasteiger partial charge on any atom is -0.465 e. The maximum Gasteiger partial charge on any atom is 0.320 e. The number of thiophene rings is 1. The van der Waals surface area contributed by atoms with Crippen molar-refractivity contribution in [2.45, 2.75) is 26.3 Å². The van der Waals surface area contributed by atoms with Gasteiger partial charge in [0, 0.05) is 6.54 Å². The van der Waals surface area contributed by atoms with Gasteiger partial charge in [-0.2, -0.15) is 11.3 Å². The van der Waals surface area contributed by atoms with Gasteiger partial charge >= 0.3 is 5.97 Å². The van der Waals surface area contributed by atoms with E-state index < -0.39 is 0 Å². The van der Waals surface area contributed by atoms with E-state index in [-0.39, 0.29) is 5.97 Å². The number of hydrogen-bond donors (Lipinski definition) is 0. The monoisotopic (exact) mass is 241 g/mol. The van der Waals surface area contributed by atoms with Crippen LogP contribution in [0.1, 0.15) is 25.3 Å². The molecule has 0 N–H and O–H groups in total. The molecule has 4 heteroatoms. The molecule has 1 rings (SSSR count). The molecule has 0 spiro atoms. The predicted octanol–water partition coefficient (Wildman–Crippen LogP) is 2.52. The molecule has 3 nitrogen and oxygen atoms in total. The van der Waals surface area contributed by atoms with Crippen LogP contribution in [0.2, 0.25) is 0 Å². The first-order valence-electron chi connectivity index (χ1n) is 5.57. The molecule has 16 heavy (non-hydrogen) atoms. The highest BCUT2D eigenvalue weighted by molar-refractivity contribution is 7.07. The lowest BCUT2D eigenvalue weighted by atomic mass is 10.3. The average molecular weight is 241 g/mol. The molecule has 0 aromatic carbocycles. The van der Waals surface area contributed by atoms with Crippen LogP contribution in [0.15, 0.2) is 16.8 Å². The second-order valence-corrected chi connectivity index (χ2v) is 4.66. The first kappa shape index (κ1) is 13.2. The Morgan fingerprint density at radius 1 is 1.56 bits per heavy atom. The number of rotatable bonds is 7. The van der Waals surface area contributed by atoms with Crippen LogP contribution >= 0.6 is 11.3 Å². The molecule has 0 radical (unpaired) electrons. The SMILES string of the molecule is CCCCOC(=O)CN(C)Cc1ccsc1. The number of carbonyl (C=O) groups is 1. The highest BCUT2D eigenvalue weighted by Gasteiger charge is 2.08. The van der Waals surface area contributed by atoms with Crippen molar-refractivity contribution in [1.29, 1.82) is 0 Å². The molecule has 0 aliphatic carbocycles. The zero-order valence-corrected chi connectivity index (χ0v) is 10.8. The van der Waals surface area contributed by atoms with Gasteiger partial charge in [0.2, 0.25) is 0 Å². The summed E-state index contributed by atoms with van der Waals surface area (Å²) in [6, 6.07) is 2.07. The van der Waals surface area contributed by atoms with Gasteiger partial charge in [-0.1, -0.05) is 13.3 Å². The second kappa shape index (κ2) is 7.41. The number of esters is 1. The van der Waals surface area contributed by atoms with Crippen molar-refractivity contribution >= 4 is 17.3 Å². The Balaban J connectivity index is 2.18. The van der Waals surface area contributed by atoms with E-state index in [1.807, 2.05) is 17.3 Å². The fourth-order valence-corrected chi connectivity index (χ4v) is 2.01. The largest absolute Gasteiger partial charge is 0.465 e. The highest BCUT2D eigenvalue weighted by Crippen LogP contribution is 2.08. The standard InChI is InChI=1S/C12H19NO2S/c1-3-4-6-15-12(14)9-13(2)8-11-5-7-16-10-11/h5,7,10H,3-4,6,8-9H2,1-2H3. The third-order valence-corrected chi connectivity index (χ3v) is 2.92. The van der Waals surface area contributed by atoms with E-state index in [1.165, 1.54) is 5.56 Å². The molecule has 0 saturated carbocycles. The smallest absolute Gasteiger partial charge is 0.320 e. The van der Waals surface area contributed by atoms with E-state index in [0.717, 1.165) is 19.4 Å². The molecule has 0 bridgehead atoms. The van der Waals surface area contributed by atoms with Crippen LogP contribution in [0.25, 0.3) is 0 Å². The third kappa shape index (κ3) is 5.28. The molecular formula is C12H19NO2S. The molecule has 1 aromatic rings. The zero-order valence-electron chi connectivity index (χ0n) is 9.94. The highest BCUT2D eigenvalue weighted by atomic mass is 32.1. The first-order chi connectivity index (χ1) is 7.72. The van der Waals surface area contributed by atoms with Gasteiger partial charge in [-0.05, 0) is 35.9 Å². The summed E-state index contributed by atoms with van der Waals surface area (Å²) in [4.78, 5) is 13.4. The molecule has 0 unspecified atom stereocenters. The average Bonchev–Trinajstić information content (AvgIpc) is 2.70. The molecule has 0 saturated heterocycles. The summed E-state index contributed by atoms with van der Waals surface area (Å²) in [6.07, 6.45) is 2.00. The summed E-state index contributed by atoms with van der Waals surface area (Å²) in [6.45, 7) is 3.78. The summed E-state index contributed by atoms with van der Waals surface area (Å²) in [5, 5.41) is 4.14. The van der Waals surface area contributed by atoms with Gasteiger partial charge in [0.1, 0.15) is 0 Å². The van der Waals surface area contributed by atoms with E-state index in [2.05, 4.69) is 18.4 Å². The molecule has 1 heterocycles. The summed E-state index contributed by atoms with van der Waals surface area (Å²) in [7, 11) is 1.93. The molecule has 0 aliphatic heterocycles. The quantitative estimate of drug-likeness (QED) is 0.542. The Morgan fingerprint density at radius 3 is 3.00 bits per heavy atom. The lowest BCUT2D eigenvalue weighted by Crippen LogP contribution is -2.27. The van der Waals surface area contributed by atoms with Crippen LogP contribution in [-0.2, 0) is 16.1 Å². The van der Waals surface area contributed by atoms with Crippen LogP contribution in [-0.4, -0.2) is 31.1 Å². The number of ether oxygens (including phenoxy) is 1. The minimum atomic E-state index is -0.133. The van der Waals surface area contributed by atoms with Crippen LogP contribution in [0.4, 0.5) is 0 Å². The van der Waals surface area contributed by atoms with Crippen molar-refractivity contribution in [1.82, 2.24) is 4.90 Å². The number of carbonyl (C=O) groups excluding carboxylic acids is 1. The van der Waals surface area contributed by atoms with Gasteiger partial charge in [-0.25, -0.2) is 0 Å². The molecule has 0 amide bonds. The summed E-state index contributed by atoms with van der Waals surface area (Å²) >= 11 is 1.67. The van der Waals surface area contributed by atoms with Gasteiger partial charge in [-0.3, -0.25) is 9.69 Å². The van der Waals surface area contributed by atoms with Crippen LogP contribution < -0.4 is 0 Å². The topological polar surface area (TPSA) is 29.5 Å². The Labute approximate surface area is 101 Å². The number of unbranched alkanes of at least 4 members (excludes halogenated alkanes) is 1. The van der Waals surface area contributed by atoms with Gasteiger partial charge < -0.3 is 4.74 Å². The fourth-order valence-electron chi connectivity index (χ4n) is 1.35. The van der Waals surface area contributed by atoms with E-state index in [0.29, 0.717) is 13.2 Å². The van der Waals surface area contributed by atoms with Crippen molar-refractivity contribution < 1.29 is 9.53 Å². The maximum absolute atomic E-state index is 11.4. The number of likely N-dealkylation sites (N-methyl/N-ethyl adjacent to an activating group) is 1. The Bertz CT molecular complexity index is 298. The van der Waals surface area contributed by atoms with Crippen molar-refractivity contribution in [3.63, 3.8) is 0 Å². The van der Waals surface area contributed by atoms with Crippen LogP contribution in [0.3, 0.4) is 0 Å². The van der Waals surface area contributed by atoms with Crippen molar-refractivity contribution in [3.05, 3.63) is 22.4 Å². The molecule has 0 aliphatic rings. The van der Waals surface area contributed by atoms with E-state index in [4.69, 9.17) is 4.74 Å². The molecule has 0 fully saturated rings. The molecule has 90 valence electrons. The maximum atomic E-state index is 11.4. The minimum absolute atomic E-state index is 0.133. The summed E-state index contributed by atoms with van der Waals surface area (Å²) < 4.78 is 5.09. The van der Waals surface area contributed by atoms with Crippen LogP contribution in [0.5, 0.6) is 0 Å². The van der Waals surface area contributed by atoms with E-state index in [9.17, 15) is 4.79 Å². The van der Waals surface area contributed by atoms with Gasteiger partial charge in [0.25, 0.3) is 0 Å². The zero-order chi connectivity index (χ0) is 11.8. The van der Waals surface area contributed by atoms with E-state index in [1.54, 1.807) is 11.3 Å². The Kier molecular flexibility index (Phi) is 6.11. The summed E-state index contributed by atoms with van der Waals surface area (Å²) in [5.41, 5.74) is 1.24. The molecule has 1 aromatic heterocycles. The van der Waals surface area contributed by atoms with E-state index >= 15 is 0 Å². The predicted molar refractivity (Wildman–Crippen MR) is 66.5 cm³/mol. The fraction of sp³-hybridized carbons (Fsp3) is 0.583. The lowest BCUT2D eigenvalue weighted by molar-refractivity contribution is -0.144. The number of nitrogens with zero attached hydrogens (tertiary/aromatic N) is 1. The van der Waals surface area contributed by atoms with Gasteiger partial charge in [-0.15, -0.1) is 0 Å². The van der Waals surface area contributed by atoms with Crippen LogP contribution in [0, 0.1) is 0 Å². The first-order valence-corrected chi connectivity index (χ1v) is 6.52. The lowest BCUT2D eigenvalue weighted by Gasteiger charge is -2.14. The number of hydrogen-bond acceptors (Lipinski definition) is 4. The molecule has 0 atom stereocenters. The Morgan fingerprint density at radius 2 is 2.38 bits per heavy atom.